The summed E-state index contributed by atoms with van der Waals surface area (Å²) in [7, 11) is 0. The van der Waals surface area contributed by atoms with Gasteiger partial charge in [-0.25, -0.2) is 4.79 Å². The molecule has 0 saturated carbocycles. The zero-order valence-corrected chi connectivity index (χ0v) is 11.9. The molecule has 6 heteroatoms. The number of carbonyl (C=O) groups excluding carboxylic acids is 1. The first-order valence-electron chi connectivity index (χ1n) is 4.72. The molecule has 0 aliphatic carbocycles. The molecule has 2 N–H and O–H groups in total. The van der Waals surface area contributed by atoms with Crippen LogP contribution in [0.4, 0.5) is 0 Å². The summed E-state index contributed by atoms with van der Waals surface area (Å²) in [5, 5.41) is 18.5. The summed E-state index contributed by atoms with van der Waals surface area (Å²) in [6.07, 6.45) is -1.52. The van der Waals surface area contributed by atoms with Gasteiger partial charge in [0.05, 0.1) is 5.33 Å². The van der Waals surface area contributed by atoms with Gasteiger partial charge in [0.25, 0.3) is 0 Å². The smallest absolute Gasteiger partial charge is 0.337 e. The van der Waals surface area contributed by atoms with Gasteiger partial charge in [0, 0.05) is 10.9 Å². The van der Waals surface area contributed by atoms with E-state index in [-0.39, 0.29) is 23.1 Å². The fraction of sp³-hybridized carbons (Fsp3) is 0.273. The summed E-state index contributed by atoms with van der Waals surface area (Å²) in [5.41, 5.74) is 0.758. The molecule has 0 aromatic heterocycles. The van der Waals surface area contributed by atoms with E-state index in [0.29, 0.717) is 5.56 Å². The maximum absolute atomic E-state index is 11.3. The van der Waals surface area contributed by atoms with Crippen molar-refractivity contribution in [1.82, 2.24) is 0 Å². The van der Waals surface area contributed by atoms with E-state index in [1.54, 1.807) is 12.1 Å². The average Bonchev–Trinajstić information content (AvgIpc) is 2.28. The summed E-state index contributed by atoms with van der Waals surface area (Å²) in [5.74, 6) is -1.41. The third-order valence-corrected chi connectivity index (χ3v) is 3.29. The molecule has 0 bridgehead atoms. The molecule has 1 atom stereocenters. The summed E-state index contributed by atoms with van der Waals surface area (Å²) in [6.45, 7) is 0. The number of aliphatic hydroxyl groups excluding tert-OH is 1. The van der Waals surface area contributed by atoms with Crippen LogP contribution in [-0.2, 0) is 16.0 Å². The predicted molar refractivity (Wildman–Crippen MR) is 69.2 cm³/mol. The molecule has 0 aliphatic heterocycles. The van der Waals surface area contributed by atoms with Crippen LogP contribution in [0.3, 0.4) is 0 Å². The van der Waals surface area contributed by atoms with Gasteiger partial charge in [-0.1, -0.05) is 37.9 Å². The average molecular weight is 366 g/mol. The number of rotatable bonds is 5. The van der Waals surface area contributed by atoms with Crippen LogP contribution in [0.2, 0.25) is 0 Å². The number of aliphatic hydroxyl groups is 1. The molecule has 0 amide bonds. The van der Waals surface area contributed by atoms with Crippen LogP contribution in [-0.4, -0.2) is 27.3 Å². The van der Waals surface area contributed by atoms with Crippen molar-refractivity contribution in [3.8, 4) is 0 Å². The Hall–Kier alpha value is -0.720. The van der Waals surface area contributed by atoms with Crippen molar-refractivity contribution in [2.45, 2.75) is 12.5 Å². The Bertz CT molecular complexity index is 445. The van der Waals surface area contributed by atoms with E-state index in [2.05, 4.69) is 31.9 Å². The number of halogens is 2. The minimum absolute atomic E-state index is 0.0815. The van der Waals surface area contributed by atoms with Crippen molar-refractivity contribution in [2.75, 3.05) is 5.33 Å². The van der Waals surface area contributed by atoms with Crippen LogP contribution in [0, 0.1) is 0 Å². The highest BCUT2D eigenvalue weighted by Crippen LogP contribution is 2.23. The first-order chi connectivity index (χ1) is 7.95. The molecule has 17 heavy (non-hydrogen) atoms. The molecule has 0 spiro atoms. The Morgan fingerprint density at radius 3 is 2.53 bits per heavy atom. The molecular weight excluding hydrogens is 356 g/mol. The van der Waals surface area contributed by atoms with Gasteiger partial charge in [-0.2, -0.15) is 0 Å². The van der Waals surface area contributed by atoms with Crippen LogP contribution >= 0.6 is 31.9 Å². The van der Waals surface area contributed by atoms with Crippen molar-refractivity contribution in [2.24, 2.45) is 0 Å². The maximum atomic E-state index is 11.3. The van der Waals surface area contributed by atoms with Crippen LogP contribution in [0.15, 0.2) is 22.7 Å². The Kier molecular flexibility index (Phi) is 5.30. The lowest BCUT2D eigenvalue weighted by Crippen LogP contribution is -2.15. The lowest BCUT2D eigenvalue weighted by molar-refractivity contribution is -0.147. The first-order valence-corrected chi connectivity index (χ1v) is 6.64. The number of carboxylic acid groups (broad SMARTS) is 1. The van der Waals surface area contributed by atoms with Crippen molar-refractivity contribution in [3.05, 3.63) is 33.8 Å². The quantitative estimate of drug-likeness (QED) is 0.783. The number of hydrogen-bond donors (Lipinski definition) is 2. The zero-order valence-electron chi connectivity index (χ0n) is 8.69. The predicted octanol–water partition coefficient (Wildman–Crippen LogP) is 2.07. The highest BCUT2D eigenvalue weighted by Gasteiger charge is 2.20. The second-order valence-corrected chi connectivity index (χ2v) is 4.91. The van der Waals surface area contributed by atoms with Gasteiger partial charge >= 0.3 is 5.97 Å². The lowest BCUT2D eigenvalue weighted by atomic mass is 9.98. The minimum Gasteiger partial charge on any atom is -0.479 e. The molecule has 0 radical (unpaired) electrons. The van der Waals surface area contributed by atoms with Crippen molar-refractivity contribution < 1.29 is 19.8 Å². The number of alkyl halides is 1. The van der Waals surface area contributed by atoms with E-state index in [1.807, 2.05) is 0 Å². The van der Waals surface area contributed by atoms with Gasteiger partial charge in [0.15, 0.2) is 6.10 Å². The molecule has 0 fully saturated rings. The van der Waals surface area contributed by atoms with Crippen LogP contribution in [0.1, 0.15) is 17.2 Å². The third kappa shape index (κ3) is 3.90. The summed E-state index contributed by atoms with van der Waals surface area (Å²) < 4.78 is 0.733. The largest absolute Gasteiger partial charge is 0.479 e. The third-order valence-electron chi connectivity index (χ3n) is 2.17. The van der Waals surface area contributed by atoms with E-state index < -0.39 is 12.1 Å². The number of Topliss-reactive ketones (excluding diaryl/α,β-unsaturated/α-hetero) is 1. The highest BCUT2D eigenvalue weighted by molar-refractivity contribution is 9.10. The van der Waals surface area contributed by atoms with Crippen LogP contribution in [0.25, 0.3) is 0 Å². The van der Waals surface area contributed by atoms with E-state index in [0.717, 1.165) is 4.47 Å². The minimum atomic E-state index is -1.61. The zero-order chi connectivity index (χ0) is 13.0. The molecule has 1 aromatic carbocycles. The maximum Gasteiger partial charge on any atom is 0.337 e. The topological polar surface area (TPSA) is 74.6 Å². The number of carboxylic acids is 1. The van der Waals surface area contributed by atoms with Gasteiger partial charge in [0.1, 0.15) is 5.78 Å². The van der Waals surface area contributed by atoms with Gasteiger partial charge in [-0.15, -0.1) is 0 Å². The normalized spacial score (nSPS) is 12.2. The molecule has 1 rings (SSSR count). The van der Waals surface area contributed by atoms with E-state index in [9.17, 15) is 14.7 Å². The monoisotopic (exact) mass is 364 g/mol. The molecule has 92 valence electrons. The lowest BCUT2D eigenvalue weighted by Gasteiger charge is -2.12. The summed E-state index contributed by atoms with van der Waals surface area (Å²) in [4.78, 5) is 22.1. The molecular formula is C11H10Br2O4. The van der Waals surface area contributed by atoms with Crippen LogP contribution < -0.4 is 0 Å². The van der Waals surface area contributed by atoms with Gasteiger partial charge in [-0.3, -0.25) is 4.79 Å². The highest BCUT2D eigenvalue weighted by atomic mass is 79.9. The Morgan fingerprint density at radius 1 is 1.35 bits per heavy atom. The number of benzene rings is 1. The fourth-order valence-electron chi connectivity index (χ4n) is 1.39. The standard InChI is InChI=1S/C11H10Br2O4/c12-5-8(14)4-6-3-7(13)1-2-9(6)10(15)11(16)17/h1-3,10,15H,4-5H2,(H,16,17). The number of hydrogen-bond acceptors (Lipinski definition) is 3. The molecule has 0 aliphatic rings. The van der Waals surface area contributed by atoms with Gasteiger partial charge in [0.2, 0.25) is 0 Å². The first kappa shape index (κ1) is 14.3. The van der Waals surface area contributed by atoms with Crippen molar-refractivity contribution >= 4 is 43.6 Å². The molecule has 1 aromatic rings. The summed E-state index contributed by atoms with van der Waals surface area (Å²) >= 11 is 6.28. The van der Waals surface area contributed by atoms with Gasteiger partial charge in [-0.05, 0) is 23.3 Å². The van der Waals surface area contributed by atoms with Crippen LogP contribution in [0.5, 0.6) is 0 Å². The molecule has 0 heterocycles. The number of ketones is 1. The van der Waals surface area contributed by atoms with E-state index in [1.165, 1.54) is 6.07 Å². The second-order valence-electron chi connectivity index (χ2n) is 3.43. The van der Waals surface area contributed by atoms with Gasteiger partial charge < -0.3 is 10.2 Å². The molecule has 1 unspecified atom stereocenters. The Morgan fingerprint density at radius 2 is 2.00 bits per heavy atom. The van der Waals surface area contributed by atoms with E-state index in [4.69, 9.17) is 5.11 Å². The SMILES string of the molecule is O=C(CBr)Cc1cc(Br)ccc1C(O)C(=O)O. The van der Waals surface area contributed by atoms with Crippen molar-refractivity contribution in [1.29, 1.82) is 0 Å². The number of aliphatic carboxylic acids is 1. The Balaban J connectivity index is 3.11. The van der Waals surface area contributed by atoms with Crippen molar-refractivity contribution in [3.63, 3.8) is 0 Å². The fourth-order valence-corrected chi connectivity index (χ4v) is 1.99. The summed E-state index contributed by atoms with van der Waals surface area (Å²) in [6, 6.07) is 4.77. The molecule has 4 nitrogen and oxygen atoms in total. The second kappa shape index (κ2) is 6.28. The van der Waals surface area contributed by atoms with E-state index >= 15 is 0 Å². The Labute approximate surface area is 115 Å². The number of carbonyl (C=O) groups is 2. The molecule has 0 saturated heterocycles.